The average molecular weight is 426 g/mol. The van der Waals surface area contributed by atoms with Crippen molar-refractivity contribution in [2.24, 2.45) is 5.92 Å². The van der Waals surface area contributed by atoms with Crippen LogP contribution in [-0.4, -0.2) is 61.2 Å². The van der Waals surface area contributed by atoms with E-state index in [1.54, 1.807) is 17.0 Å². The van der Waals surface area contributed by atoms with E-state index in [1.165, 1.54) is 12.1 Å². The molecule has 2 aromatic rings. The van der Waals surface area contributed by atoms with Gasteiger partial charge in [-0.05, 0) is 42.2 Å². The van der Waals surface area contributed by atoms with Crippen molar-refractivity contribution in [1.82, 2.24) is 9.80 Å². The molecule has 7 nitrogen and oxygen atoms in total. The summed E-state index contributed by atoms with van der Waals surface area (Å²) in [4.78, 5) is 28.8. The number of benzene rings is 2. The molecule has 31 heavy (non-hydrogen) atoms. The van der Waals surface area contributed by atoms with E-state index in [9.17, 15) is 14.0 Å². The zero-order valence-corrected chi connectivity index (χ0v) is 17.0. The third kappa shape index (κ3) is 4.02. The number of hydrogen-bond donors (Lipinski definition) is 0. The number of hydrogen-bond acceptors (Lipinski definition) is 5. The molecule has 2 amide bonds. The molecule has 2 fully saturated rings. The highest BCUT2D eigenvalue weighted by Crippen LogP contribution is 2.50. The summed E-state index contributed by atoms with van der Waals surface area (Å²) < 4.78 is 29.7. The van der Waals surface area contributed by atoms with Gasteiger partial charge in [0.15, 0.2) is 29.7 Å². The third-order valence-electron chi connectivity index (χ3n) is 6.06. The summed E-state index contributed by atoms with van der Waals surface area (Å²) in [6, 6.07) is 11.9. The quantitative estimate of drug-likeness (QED) is 0.735. The molecular weight excluding hydrogens is 403 g/mol. The first-order chi connectivity index (χ1) is 15.1. The number of ether oxygens (including phenoxy) is 3. The van der Waals surface area contributed by atoms with Crippen molar-refractivity contribution in [3.05, 3.63) is 53.8 Å². The maximum Gasteiger partial charge on any atom is 0.260 e. The normalized spacial score (nSPS) is 21.7. The Bertz CT molecular complexity index is 1010. The Balaban J connectivity index is 1.10. The SMILES string of the molecule is O=C(COc1ccccc1F)N1CCN(C(=O)C2CC2c2ccc3c(c2)OCO3)CC1. The van der Waals surface area contributed by atoms with Crippen LogP contribution in [0, 0.1) is 11.7 Å². The van der Waals surface area contributed by atoms with E-state index in [1.807, 2.05) is 23.1 Å². The van der Waals surface area contributed by atoms with Crippen LogP contribution < -0.4 is 14.2 Å². The van der Waals surface area contributed by atoms with Crippen molar-refractivity contribution in [2.75, 3.05) is 39.6 Å². The Morgan fingerprint density at radius 1 is 1.00 bits per heavy atom. The molecule has 1 aliphatic carbocycles. The van der Waals surface area contributed by atoms with Gasteiger partial charge in [0.25, 0.3) is 5.91 Å². The highest BCUT2D eigenvalue weighted by molar-refractivity contribution is 5.84. The van der Waals surface area contributed by atoms with E-state index < -0.39 is 5.82 Å². The summed E-state index contributed by atoms with van der Waals surface area (Å²) in [6.45, 7) is 1.91. The van der Waals surface area contributed by atoms with E-state index in [0.717, 1.165) is 23.5 Å². The van der Waals surface area contributed by atoms with Crippen LogP contribution in [0.15, 0.2) is 42.5 Å². The van der Waals surface area contributed by atoms with Crippen LogP contribution in [0.2, 0.25) is 0 Å². The lowest BCUT2D eigenvalue weighted by atomic mass is 10.1. The van der Waals surface area contributed by atoms with Gasteiger partial charge in [0.2, 0.25) is 12.7 Å². The second-order valence-corrected chi connectivity index (χ2v) is 7.99. The topological polar surface area (TPSA) is 68.3 Å². The van der Waals surface area contributed by atoms with Crippen LogP contribution in [0.25, 0.3) is 0 Å². The molecule has 2 atom stereocenters. The molecular formula is C23H23FN2O5. The van der Waals surface area contributed by atoms with Crippen LogP contribution >= 0.6 is 0 Å². The number of carbonyl (C=O) groups is 2. The smallest absolute Gasteiger partial charge is 0.260 e. The first kappa shape index (κ1) is 19.7. The maximum atomic E-state index is 13.6. The molecule has 0 spiro atoms. The summed E-state index contributed by atoms with van der Waals surface area (Å²) >= 11 is 0. The number of nitrogens with zero attached hydrogens (tertiary/aromatic N) is 2. The molecule has 2 unspecified atom stereocenters. The molecule has 162 valence electrons. The maximum absolute atomic E-state index is 13.6. The van der Waals surface area contributed by atoms with E-state index in [-0.39, 0.29) is 42.8 Å². The van der Waals surface area contributed by atoms with Crippen LogP contribution in [0.4, 0.5) is 4.39 Å². The highest BCUT2D eigenvalue weighted by Gasteiger charge is 2.46. The lowest BCUT2D eigenvalue weighted by Gasteiger charge is -2.35. The summed E-state index contributed by atoms with van der Waals surface area (Å²) in [5.74, 6) is 1.16. The molecule has 1 saturated carbocycles. The number of para-hydroxylation sites is 1. The molecule has 0 N–H and O–H groups in total. The Labute approximate surface area is 179 Å². The van der Waals surface area contributed by atoms with Gasteiger partial charge >= 0.3 is 0 Å². The minimum absolute atomic E-state index is 0.0213. The van der Waals surface area contributed by atoms with E-state index in [4.69, 9.17) is 14.2 Å². The van der Waals surface area contributed by atoms with Crippen molar-refractivity contribution < 1.29 is 28.2 Å². The van der Waals surface area contributed by atoms with Crippen LogP contribution in [-0.2, 0) is 9.59 Å². The van der Waals surface area contributed by atoms with Gasteiger partial charge in [0.05, 0.1) is 0 Å². The molecule has 3 aliphatic rings. The number of carbonyl (C=O) groups excluding carboxylic acids is 2. The first-order valence-corrected chi connectivity index (χ1v) is 10.4. The lowest BCUT2D eigenvalue weighted by molar-refractivity contribution is -0.141. The van der Waals surface area contributed by atoms with Crippen LogP contribution in [0.5, 0.6) is 17.2 Å². The second-order valence-electron chi connectivity index (χ2n) is 7.99. The molecule has 0 bridgehead atoms. The molecule has 2 heterocycles. The highest BCUT2D eigenvalue weighted by atomic mass is 19.1. The van der Waals surface area contributed by atoms with Crippen LogP contribution in [0.3, 0.4) is 0 Å². The summed E-state index contributed by atoms with van der Waals surface area (Å²) in [7, 11) is 0. The first-order valence-electron chi connectivity index (χ1n) is 10.4. The summed E-state index contributed by atoms with van der Waals surface area (Å²) in [5.41, 5.74) is 1.10. The van der Waals surface area contributed by atoms with Gasteiger partial charge in [-0.25, -0.2) is 4.39 Å². The Morgan fingerprint density at radius 2 is 1.74 bits per heavy atom. The number of halogens is 1. The van der Waals surface area contributed by atoms with Crippen molar-refractivity contribution >= 4 is 11.8 Å². The minimum Gasteiger partial charge on any atom is -0.481 e. The lowest BCUT2D eigenvalue weighted by Crippen LogP contribution is -2.52. The summed E-state index contributed by atoms with van der Waals surface area (Å²) in [6.07, 6.45) is 0.827. The minimum atomic E-state index is -0.493. The van der Waals surface area contributed by atoms with Gasteiger partial charge in [0.1, 0.15) is 0 Å². The third-order valence-corrected chi connectivity index (χ3v) is 6.06. The number of piperazine rings is 1. The van der Waals surface area contributed by atoms with Gasteiger partial charge in [-0.15, -0.1) is 0 Å². The van der Waals surface area contributed by atoms with E-state index >= 15 is 0 Å². The van der Waals surface area contributed by atoms with Gasteiger partial charge in [-0.3, -0.25) is 9.59 Å². The van der Waals surface area contributed by atoms with Gasteiger partial charge in [-0.1, -0.05) is 18.2 Å². The fraction of sp³-hybridized carbons (Fsp3) is 0.391. The fourth-order valence-electron chi connectivity index (χ4n) is 4.18. The van der Waals surface area contributed by atoms with Gasteiger partial charge in [0, 0.05) is 32.1 Å². The zero-order valence-electron chi connectivity index (χ0n) is 17.0. The van der Waals surface area contributed by atoms with Gasteiger partial charge in [-0.2, -0.15) is 0 Å². The Hall–Kier alpha value is -3.29. The summed E-state index contributed by atoms with van der Waals surface area (Å²) in [5, 5.41) is 0. The van der Waals surface area contributed by atoms with Crippen molar-refractivity contribution in [2.45, 2.75) is 12.3 Å². The molecule has 0 aromatic heterocycles. The monoisotopic (exact) mass is 426 g/mol. The molecule has 2 aromatic carbocycles. The molecule has 8 heteroatoms. The van der Waals surface area contributed by atoms with Gasteiger partial charge < -0.3 is 24.0 Å². The van der Waals surface area contributed by atoms with Crippen LogP contribution in [0.1, 0.15) is 17.9 Å². The molecule has 5 rings (SSSR count). The van der Waals surface area contributed by atoms with E-state index in [2.05, 4.69) is 0 Å². The zero-order chi connectivity index (χ0) is 21.4. The standard InChI is InChI=1S/C23H23FN2O5/c24-18-3-1-2-4-19(18)29-13-22(27)25-7-9-26(10-8-25)23(28)17-12-16(17)15-5-6-20-21(11-15)31-14-30-20/h1-6,11,16-17H,7-10,12-14H2. The Kier molecular flexibility index (Phi) is 5.13. The van der Waals surface area contributed by atoms with Crippen molar-refractivity contribution in [3.8, 4) is 17.2 Å². The predicted octanol–water partition coefficient (Wildman–Crippen LogP) is 2.41. The Morgan fingerprint density at radius 3 is 2.55 bits per heavy atom. The number of fused-ring (bicyclic) bond motifs is 1. The largest absolute Gasteiger partial charge is 0.481 e. The number of amides is 2. The molecule has 0 radical (unpaired) electrons. The predicted molar refractivity (Wildman–Crippen MR) is 108 cm³/mol. The van der Waals surface area contributed by atoms with Crippen molar-refractivity contribution in [1.29, 1.82) is 0 Å². The molecule has 2 aliphatic heterocycles. The fourth-order valence-corrected chi connectivity index (χ4v) is 4.18. The number of rotatable bonds is 5. The van der Waals surface area contributed by atoms with E-state index in [0.29, 0.717) is 26.2 Å². The second kappa shape index (κ2) is 8.09. The average Bonchev–Trinajstić information content (AvgIpc) is 3.46. The molecule has 1 saturated heterocycles. The van der Waals surface area contributed by atoms with Crippen molar-refractivity contribution in [3.63, 3.8) is 0 Å².